The van der Waals surface area contributed by atoms with E-state index in [0.717, 1.165) is 4.90 Å². The van der Waals surface area contributed by atoms with Gasteiger partial charge in [-0.2, -0.15) is 11.8 Å². The lowest BCUT2D eigenvalue weighted by atomic mass is 9.85. The van der Waals surface area contributed by atoms with E-state index in [0.29, 0.717) is 161 Å². The number of aromatic hydroxyl groups is 1. The van der Waals surface area contributed by atoms with Gasteiger partial charge >= 0.3 is 5.97 Å². The Balaban J connectivity index is 1.03. The number of rotatable bonds is 51. The average Bonchev–Trinajstić information content (AvgIpc) is 1.60. The standard InChI is InChI=1S/C74H119N11O28S2/c1-5-46(2)54-35-51(87)40-79-68(95)49-33-55-53-6-7-60(89)56(67(53)84-72(55)115(102)45-58(81-65(94)41-80-69(54)96)70(97)82-57(37-63(76)92)73(99)85-42-52(88)36-59(85)71(98)83-66(61(90)34-49)48(4)62(91)43-86)44-114-31-30-113-29-28-112-27-26-111-25-24-110-23-22-109-21-20-108-19-18-107-17-16-106-15-14-105-13-12-104-11-10-103-9-8-77-38-50(75)39-78-64(93)32-47(3)74(100)101/h6-7,38,46-49,52,54,57-59,62,66,77,84,86,88-89,91H,5,8-37,39-45,75H2,1-4H3,(H2,76,92)(H,78,93)(H,79,95)(H,80,96)(H,81,94)(H,82,97)(H,83,98)(H,100,101)/b50-38-/t46-,47?,48-,49+,52+,54-,57-,58?,59-,62-,66-,115?/m0/s1. The number of aliphatic hydroxyl groups excluding tert-OH is 3. The number of hydrogen-bond acceptors (Lipinski definition) is 30. The highest BCUT2D eigenvalue weighted by molar-refractivity contribution is 7.98. The summed E-state index contributed by atoms with van der Waals surface area (Å²) in [7, 11) is -2.45. The number of thioether (sulfide) groups is 1. The Labute approximate surface area is 674 Å². The van der Waals surface area contributed by atoms with E-state index in [-0.39, 0.29) is 60.4 Å². The second-order valence-electron chi connectivity index (χ2n) is 27.7. The summed E-state index contributed by atoms with van der Waals surface area (Å²) in [6, 6.07) is -4.17. The minimum absolute atomic E-state index is 0.100. The minimum Gasteiger partial charge on any atom is -0.508 e. The van der Waals surface area contributed by atoms with E-state index in [2.05, 4.69) is 42.2 Å². The number of carbonyl (C=O) groups excluding carboxylic acids is 10. The van der Waals surface area contributed by atoms with Crippen molar-refractivity contribution in [2.24, 2.45) is 41.1 Å². The molecule has 4 heterocycles. The lowest BCUT2D eigenvalue weighted by molar-refractivity contribution is -0.144. The Morgan fingerprint density at radius 2 is 1.23 bits per heavy atom. The molecule has 39 nitrogen and oxygen atoms in total. The number of carboxylic acids is 1. The van der Waals surface area contributed by atoms with E-state index in [1.807, 2.05) is 0 Å². The maximum absolute atomic E-state index is 15.3. The molecule has 0 radical (unpaired) electrons. The van der Waals surface area contributed by atoms with Crippen LogP contribution in [0.4, 0.5) is 0 Å². The molecule has 2 aromatic rings. The topological polar surface area (TPSA) is 563 Å². The Bertz CT molecular complexity index is 3450. The van der Waals surface area contributed by atoms with Gasteiger partial charge in [0, 0.05) is 90.9 Å². The largest absolute Gasteiger partial charge is 0.508 e. The van der Waals surface area contributed by atoms with E-state index < -0.39 is 206 Å². The van der Waals surface area contributed by atoms with Crippen LogP contribution in [0.1, 0.15) is 77.3 Å². The number of phenols is 1. The van der Waals surface area contributed by atoms with Crippen LogP contribution in [-0.4, -0.2) is 337 Å². The molecule has 12 atom stereocenters. The van der Waals surface area contributed by atoms with Gasteiger partial charge in [0.2, 0.25) is 47.3 Å². The number of fused-ring (bicyclic) bond motifs is 5. The zero-order valence-corrected chi connectivity index (χ0v) is 67.6. The third-order valence-electron chi connectivity index (χ3n) is 18.9. The normalized spacial score (nSPS) is 21.6. The van der Waals surface area contributed by atoms with Gasteiger partial charge in [0.05, 0.1) is 224 Å². The summed E-state index contributed by atoms with van der Waals surface area (Å²) in [5, 5.41) is 70.6. The van der Waals surface area contributed by atoms with Gasteiger partial charge in [0.1, 0.15) is 28.9 Å². The molecule has 3 aliphatic rings. The molecule has 3 unspecified atom stereocenters. The summed E-state index contributed by atoms with van der Waals surface area (Å²) in [6.07, 6.45) is -4.09. The SMILES string of the molecule is CC[C@H](C)[C@@H]1CC(=O)CNC(=O)[C@H]2CC(=O)[C@H]([C@@H](C)[C@@H](O)CO)NC(=O)[C@@H]3C[C@@H](O)CN3C(=O)[C@H](CC(N)=O)NC(=O)C(CS(=O)c3[nH]c4c(CSCCOCCOCCOCCOCCOCCOCCOCCOCCOCCOCCOCCN/C=C(\N)CNC(=O)CC(C)C(=O)O)c(O)ccc4c3C2)NC(=O)CNC1=O. The second kappa shape index (κ2) is 55.2. The summed E-state index contributed by atoms with van der Waals surface area (Å²) in [5.41, 5.74) is 12.5. The maximum Gasteiger partial charge on any atom is 0.306 e. The molecule has 650 valence electrons. The number of phenolic OH excluding ortho intramolecular Hbond substituents is 1. The summed E-state index contributed by atoms with van der Waals surface area (Å²) in [6.45, 7) is 12.2. The van der Waals surface area contributed by atoms with Gasteiger partial charge in [-0.15, -0.1) is 0 Å². The number of ether oxygens (including phenoxy) is 11. The molecule has 0 saturated carbocycles. The van der Waals surface area contributed by atoms with Crippen molar-refractivity contribution >= 4 is 98.3 Å². The van der Waals surface area contributed by atoms with Crippen molar-refractivity contribution in [2.75, 3.05) is 196 Å². The van der Waals surface area contributed by atoms with Crippen LogP contribution in [0.3, 0.4) is 0 Å². The predicted octanol–water partition coefficient (Wildman–Crippen LogP) is -3.71. The van der Waals surface area contributed by atoms with E-state index in [4.69, 9.17) is 68.7 Å². The Morgan fingerprint density at radius 1 is 0.696 bits per heavy atom. The summed E-state index contributed by atoms with van der Waals surface area (Å²) < 4.78 is 76.5. The van der Waals surface area contributed by atoms with Gasteiger partial charge in [0.15, 0.2) is 11.6 Å². The molecule has 2 bridgehead atoms. The molecule has 3 aliphatic heterocycles. The van der Waals surface area contributed by atoms with Crippen molar-refractivity contribution in [1.29, 1.82) is 0 Å². The number of aliphatic carboxylic acids is 1. The van der Waals surface area contributed by atoms with E-state index in [1.165, 1.54) is 37.7 Å². The maximum atomic E-state index is 15.3. The molecule has 17 N–H and O–H groups in total. The van der Waals surface area contributed by atoms with Crippen LogP contribution in [0.15, 0.2) is 29.1 Å². The van der Waals surface area contributed by atoms with E-state index in [1.54, 1.807) is 20.0 Å². The Kier molecular flexibility index (Phi) is 47.0. The monoisotopic (exact) mass is 1670 g/mol. The van der Waals surface area contributed by atoms with Crippen LogP contribution >= 0.6 is 11.8 Å². The lowest BCUT2D eigenvalue weighted by Crippen LogP contribution is -2.60. The molecular formula is C74H119N11O28S2. The number of H-pyrrole nitrogens is 1. The first-order valence-electron chi connectivity index (χ1n) is 38.6. The zero-order chi connectivity index (χ0) is 84.0. The molecular weight excluding hydrogens is 1550 g/mol. The molecule has 115 heavy (non-hydrogen) atoms. The van der Waals surface area contributed by atoms with Gasteiger partial charge in [-0.05, 0) is 30.0 Å². The first-order valence-corrected chi connectivity index (χ1v) is 41.1. The van der Waals surface area contributed by atoms with Crippen molar-refractivity contribution in [3.05, 3.63) is 35.2 Å². The van der Waals surface area contributed by atoms with E-state index in [9.17, 15) is 73.2 Å². The number of carboxylic acid groups (broad SMARTS) is 1. The minimum atomic E-state index is -2.45. The molecule has 1 fully saturated rings. The second-order valence-corrected chi connectivity index (χ2v) is 30.2. The fraction of sp³-hybridized carbons (Fsp3) is 0.716. The number of hydrogen-bond donors (Lipinski definition) is 15. The van der Waals surface area contributed by atoms with Crippen LogP contribution in [0.2, 0.25) is 0 Å². The molecule has 41 heteroatoms. The average molecular weight is 1670 g/mol. The molecule has 5 rings (SSSR count). The van der Waals surface area contributed by atoms with Crippen LogP contribution in [-0.2, 0) is 128 Å². The van der Waals surface area contributed by atoms with Crippen molar-refractivity contribution in [1.82, 2.24) is 47.1 Å². The van der Waals surface area contributed by atoms with Crippen molar-refractivity contribution in [3.63, 3.8) is 0 Å². The number of aliphatic hydroxyl groups is 3. The van der Waals surface area contributed by atoms with Gasteiger partial charge < -0.3 is 136 Å². The molecule has 8 amide bonds. The van der Waals surface area contributed by atoms with Crippen LogP contribution < -0.4 is 48.7 Å². The van der Waals surface area contributed by atoms with Crippen molar-refractivity contribution < 1.29 is 135 Å². The van der Waals surface area contributed by atoms with Crippen molar-refractivity contribution in [2.45, 2.75) is 120 Å². The van der Waals surface area contributed by atoms with Gasteiger partial charge in [-0.1, -0.05) is 34.1 Å². The number of amides is 8. The number of nitrogens with zero attached hydrogens (tertiary/aromatic N) is 1. The number of carbonyl (C=O) groups is 11. The van der Waals surface area contributed by atoms with Crippen LogP contribution in [0, 0.1) is 29.6 Å². The zero-order valence-electron chi connectivity index (χ0n) is 66.0. The van der Waals surface area contributed by atoms with E-state index >= 15 is 4.21 Å². The van der Waals surface area contributed by atoms with Crippen molar-refractivity contribution in [3.8, 4) is 5.75 Å². The highest BCUT2D eigenvalue weighted by Gasteiger charge is 2.45. The van der Waals surface area contributed by atoms with Crippen LogP contribution in [0.25, 0.3) is 10.9 Å². The molecule has 1 aromatic carbocycles. The predicted molar refractivity (Wildman–Crippen MR) is 415 cm³/mol. The van der Waals surface area contributed by atoms with Crippen LogP contribution in [0.5, 0.6) is 5.75 Å². The number of nitrogens with two attached hydrogens (primary N) is 2. The third kappa shape index (κ3) is 36.4. The first-order chi connectivity index (χ1) is 55.2. The highest BCUT2D eigenvalue weighted by Crippen LogP contribution is 2.37. The molecule has 1 saturated heterocycles. The number of benzene rings is 1. The Morgan fingerprint density at radius 3 is 1.77 bits per heavy atom. The number of ketones is 2. The number of primary amides is 1. The number of aromatic nitrogens is 1. The summed E-state index contributed by atoms with van der Waals surface area (Å²) >= 11 is 1.36. The number of aromatic amines is 1. The summed E-state index contributed by atoms with van der Waals surface area (Å²) in [4.78, 5) is 154. The molecule has 0 spiro atoms. The number of Topliss-reactive ketones (excluding diaryl/α,β-unsaturated/α-hetero) is 2. The summed E-state index contributed by atoms with van der Waals surface area (Å²) in [5.74, 6) is -15.4. The first kappa shape index (κ1) is 98.0. The fourth-order valence-electron chi connectivity index (χ4n) is 12.1. The van der Waals surface area contributed by atoms with Gasteiger partial charge in [0.25, 0.3) is 0 Å². The van der Waals surface area contributed by atoms with Gasteiger partial charge in [-0.3, -0.25) is 56.9 Å². The Hall–Kier alpha value is -7.59. The molecule has 1 aromatic heterocycles. The smallest absolute Gasteiger partial charge is 0.306 e. The molecule has 0 aliphatic carbocycles. The number of nitrogens with one attached hydrogen (secondary N) is 8. The quantitative estimate of drug-likeness (QED) is 0.0283. The highest BCUT2D eigenvalue weighted by atomic mass is 32.2. The third-order valence-corrected chi connectivity index (χ3v) is 21.2. The lowest BCUT2D eigenvalue weighted by Gasteiger charge is -2.32. The fourth-order valence-corrected chi connectivity index (χ4v) is 14.4. The van der Waals surface area contributed by atoms with Gasteiger partial charge in [-0.25, -0.2) is 0 Å².